The van der Waals surface area contributed by atoms with E-state index in [1.807, 2.05) is 38.1 Å². The maximum Gasteiger partial charge on any atom is 0.167 e. The van der Waals surface area contributed by atoms with Crippen LogP contribution in [0.15, 0.2) is 30.3 Å². The van der Waals surface area contributed by atoms with Gasteiger partial charge in [-0.2, -0.15) is 0 Å². The Kier molecular flexibility index (Phi) is 4.72. The molecule has 2 aromatic carbocycles. The third kappa shape index (κ3) is 3.75. The van der Waals surface area contributed by atoms with E-state index in [0.717, 1.165) is 27.9 Å². The SMILES string of the molecule is Cc1cccc(C)c1[N-]c1cc(C(C)(C)C)cc(C(C)(C)C)c1[O]. The van der Waals surface area contributed by atoms with Crippen LogP contribution < -0.4 is 0 Å². The van der Waals surface area contributed by atoms with Crippen LogP contribution >= 0.6 is 0 Å². The van der Waals surface area contributed by atoms with Crippen LogP contribution in [0.4, 0.5) is 11.4 Å². The van der Waals surface area contributed by atoms with E-state index >= 15 is 0 Å². The van der Waals surface area contributed by atoms with E-state index in [9.17, 15) is 5.11 Å². The Labute approximate surface area is 146 Å². The van der Waals surface area contributed by atoms with Crippen molar-refractivity contribution in [3.63, 3.8) is 0 Å². The van der Waals surface area contributed by atoms with Gasteiger partial charge in [0.25, 0.3) is 0 Å². The highest BCUT2D eigenvalue weighted by molar-refractivity contribution is 5.78. The van der Waals surface area contributed by atoms with Crippen LogP contribution in [0.3, 0.4) is 0 Å². The predicted octanol–water partition coefficient (Wildman–Crippen LogP) is 7.38. The first-order valence-electron chi connectivity index (χ1n) is 8.55. The summed E-state index contributed by atoms with van der Waals surface area (Å²) >= 11 is 0. The Morgan fingerprint density at radius 2 is 1.38 bits per heavy atom. The van der Waals surface area contributed by atoms with E-state index in [2.05, 4.69) is 47.6 Å². The van der Waals surface area contributed by atoms with Gasteiger partial charge in [0, 0.05) is 5.56 Å². The van der Waals surface area contributed by atoms with Crippen LogP contribution in [0.5, 0.6) is 5.75 Å². The van der Waals surface area contributed by atoms with Gasteiger partial charge in [-0.3, -0.25) is 5.11 Å². The maximum absolute atomic E-state index is 13.0. The third-order valence-corrected chi connectivity index (χ3v) is 4.42. The van der Waals surface area contributed by atoms with Crippen molar-refractivity contribution in [2.24, 2.45) is 0 Å². The van der Waals surface area contributed by atoms with E-state index in [1.54, 1.807) is 0 Å². The van der Waals surface area contributed by atoms with Crippen LogP contribution in [0.1, 0.15) is 63.8 Å². The van der Waals surface area contributed by atoms with Gasteiger partial charge in [-0.1, -0.05) is 88.7 Å². The van der Waals surface area contributed by atoms with Gasteiger partial charge in [0.15, 0.2) is 5.75 Å². The van der Waals surface area contributed by atoms with Crippen molar-refractivity contribution in [2.75, 3.05) is 0 Å². The molecule has 0 heterocycles. The van der Waals surface area contributed by atoms with E-state index in [1.165, 1.54) is 0 Å². The number of hydrogen-bond donors (Lipinski definition) is 0. The van der Waals surface area contributed by atoms with E-state index in [-0.39, 0.29) is 16.6 Å². The molecule has 0 spiro atoms. The van der Waals surface area contributed by atoms with Crippen molar-refractivity contribution < 1.29 is 5.11 Å². The van der Waals surface area contributed by atoms with Gasteiger partial charge in [-0.05, 0) is 30.2 Å². The number of rotatable bonds is 2. The lowest BCUT2D eigenvalue weighted by Crippen LogP contribution is -2.16. The molecule has 0 unspecified atom stereocenters. The molecule has 0 saturated heterocycles. The normalized spacial score (nSPS) is 12.3. The minimum Gasteiger partial charge on any atom is -0.654 e. The largest absolute Gasteiger partial charge is 0.654 e. The Bertz CT molecular complexity index is 726. The molecule has 0 aromatic heterocycles. The van der Waals surface area contributed by atoms with Gasteiger partial charge in [0.05, 0.1) is 0 Å². The van der Waals surface area contributed by atoms with Crippen LogP contribution in [-0.4, -0.2) is 0 Å². The monoisotopic (exact) mass is 323 g/mol. The molecule has 0 bridgehead atoms. The summed E-state index contributed by atoms with van der Waals surface area (Å²) in [6.45, 7) is 16.8. The average Bonchev–Trinajstić information content (AvgIpc) is 2.42. The summed E-state index contributed by atoms with van der Waals surface area (Å²) < 4.78 is 0. The first-order chi connectivity index (χ1) is 10.9. The smallest absolute Gasteiger partial charge is 0.167 e. The molecule has 0 saturated carbocycles. The Balaban J connectivity index is 2.65. The summed E-state index contributed by atoms with van der Waals surface area (Å²) in [4.78, 5) is 0. The number of benzene rings is 2. The Morgan fingerprint density at radius 3 is 1.83 bits per heavy atom. The molecule has 0 atom stereocenters. The quantitative estimate of drug-likeness (QED) is 0.552. The Morgan fingerprint density at radius 1 is 0.833 bits per heavy atom. The molecule has 0 fully saturated rings. The fourth-order valence-corrected chi connectivity index (χ4v) is 2.79. The predicted molar refractivity (Wildman–Crippen MR) is 103 cm³/mol. The molecule has 2 nitrogen and oxygen atoms in total. The molecule has 0 aliphatic heterocycles. The van der Waals surface area contributed by atoms with E-state index in [4.69, 9.17) is 5.32 Å². The molecule has 2 rings (SSSR count). The second-order valence-electron chi connectivity index (χ2n) is 8.72. The minimum absolute atomic E-state index is 0.0290. The highest BCUT2D eigenvalue weighted by Crippen LogP contribution is 2.47. The number of nitrogens with zero attached hydrogens (tertiary/aromatic N) is 1. The highest BCUT2D eigenvalue weighted by atomic mass is 16.3. The van der Waals surface area contributed by atoms with Crippen LogP contribution in [0.2, 0.25) is 0 Å². The fraction of sp³-hybridized carbons (Fsp3) is 0.455. The summed E-state index contributed by atoms with van der Waals surface area (Å²) in [6, 6.07) is 10.1. The van der Waals surface area contributed by atoms with Crippen molar-refractivity contribution in [1.82, 2.24) is 0 Å². The van der Waals surface area contributed by atoms with Crippen LogP contribution in [0.25, 0.3) is 5.32 Å². The van der Waals surface area contributed by atoms with Crippen molar-refractivity contribution in [2.45, 2.75) is 66.2 Å². The minimum atomic E-state index is -0.205. The molecule has 129 valence electrons. The number of para-hydroxylation sites is 1. The molecule has 0 amide bonds. The van der Waals surface area contributed by atoms with Gasteiger partial charge in [-0.25, -0.2) is 0 Å². The zero-order valence-corrected chi connectivity index (χ0v) is 16.2. The highest BCUT2D eigenvalue weighted by Gasteiger charge is 2.24. The molecule has 1 radical (unpaired) electrons. The van der Waals surface area contributed by atoms with Gasteiger partial charge in [0.2, 0.25) is 0 Å². The summed E-state index contributed by atoms with van der Waals surface area (Å²) in [5.74, 6) is 0.0400. The molecule has 24 heavy (non-hydrogen) atoms. The van der Waals surface area contributed by atoms with E-state index < -0.39 is 0 Å². The summed E-state index contributed by atoms with van der Waals surface area (Å²) in [5, 5.41) is 17.8. The van der Waals surface area contributed by atoms with Gasteiger partial charge >= 0.3 is 0 Å². The zero-order chi connectivity index (χ0) is 18.3. The molecule has 0 N–H and O–H groups in total. The first-order valence-corrected chi connectivity index (χ1v) is 8.55. The standard InChI is InChI=1S/C22H29NO/c1-14-10-9-11-15(2)19(14)23-18-13-16(21(3,4)5)12-17(20(18)24)22(6,7)8/h9-13H,1-8H3/q-1. The van der Waals surface area contributed by atoms with Crippen LogP contribution in [0, 0.1) is 13.8 Å². The lowest BCUT2D eigenvalue weighted by molar-refractivity contribution is 0.343. The van der Waals surface area contributed by atoms with Crippen molar-refractivity contribution in [3.8, 4) is 5.75 Å². The summed E-state index contributed by atoms with van der Waals surface area (Å²) in [5.41, 5.74) is 5.38. The zero-order valence-electron chi connectivity index (χ0n) is 16.2. The Hall–Kier alpha value is -1.96. The summed E-state index contributed by atoms with van der Waals surface area (Å²) in [7, 11) is 0. The average molecular weight is 323 g/mol. The number of aryl methyl sites for hydroxylation is 2. The maximum atomic E-state index is 13.0. The topological polar surface area (TPSA) is 34.0 Å². The molecule has 2 heteroatoms. The fourth-order valence-electron chi connectivity index (χ4n) is 2.79. The summed E-state index contributed by atoms with van der Waals surface area (Å²) in [6.07, 6.45) is 0. The first kappa shape index (κ1) is 18.4. The molecule has 0 aliphatic rings. The lowest BCUT2D eigenvalue weighted by Gasteiger charge is -2.33. The van der Waals surface area contributed by atoms with Gasteiger partial charge in [-0.15, -0.1) is 5.69 Å². The molecule has 2 aromatic rings. The molecular weight excluding hydrogens is 294 g/mol. The second-order valence-corrected chi connectivity index (χ2v) is 8.72. The van der Waals surface area contributed by atoms with E-state index in [0.29, 0.717) is 5.69 Å². The third-order valence-electron chi connectivity index (χ3n) is 4.42. The lowest BCUT2D eigenvalue weighted by atomic mass is 9.79. The molecular formula is C22H29NO-. The van der Waals surface area contributed by atoms with Crippen LogP contribution in [-0.2, 0) is 15.9 Å². The van der Waals surface area contributed by atoms with Gasteiger partial charge < -0.3 is 5.32 Å². The number of hydrogen-bond acceptors (Lipinski definition) is 0. The second kappa shape index (κ2) is 6.16. The van der Waals surface area contributed by atoms with Crippen molar-refractivity contribution in [1.29, 1.82) is 0 Å². The van der Waals surface area contributed by atoms with Crippen molar-refractivity contribution >= 4 is 11.4 Å². The molecule has 0 aliphatic carbocycles. The van der Waals surface area contributed by atoms with Crippen molar-refractivity contribution in [3.05, 3.63) is 57.9 Å². The van der Waals surface area contributed by atoms with Gasteiger partial charge in [0.1, 0.15) is 0 Å².